The van der Waals surface area contributed by atoms with Crippen molar-refractivity contribution < 1.29 is 27.5 Å². The first-order valence-corrected chi connectivity index (χ1v) is 17.7. The zero-order valence-electron chi connectivity index (χ0n) is 27.1. The van der Waals surface area contributed by atoms with E-state index in [4.69, 9.17) is 9.47 Å². The number of fused-ring (bicyclic) bond motifs is 4. The fourth-order valence-electron chi connectivity index (χ4n) is 6.59. The van der Waals surface area contributed by atoms with Crippen LogP contribution in [0.4, 0.5) is 16.2 Å². The van der Waals surface area contributed by atoms with Gasteiger partial charge >= 0.3 is 6.09 Å². The topological polar surface area (TPSA) is 134 Å². The molecule has 0 bridgehead atoms. The average Bonchev–Trinajstić information content (AvgIpc) is 3.21. The Morgan fingerprint density at radius 3 is 2.43 bits per heavy atom. The molecule has 246 valence electrons. The number of pyridine rings is 2. The number of amides is 2. The van der Waals surface area contributed by atoms with Gasteiger partial charge < -0.3 is 19.3 Å². The molecule has 1 saturated heterocycles. The van der Waals surface area contributed by atoms with Crippen molar-refractivity contribution in [1.29, 1.82) is 0 Å². The van der Waals surface area contributed by atoms with E-state index in [9.17, 15) is 18.0 Å². The van der Waals surface area contributed by atoms with Gasteiger partial charge in [0, 0.05) is 62.5 Å². The number of nitrogens with zero attached hydrogens (tertiary/aromatic N) is 5. The van der Waals surface area contributed by atoms with Gasteiger partial charge in [-0.3, -0.25) is 19.4 Å². The van der Waals surface area contributed by atoms with E-state index in [2.05, 4.69) is 19.6 Å². The molecule has 6 rings (SSSR count). The summed E-state index contributed by atoms with van der Waals surface area (Å²) in [5.74, 6) is 0.326. The van der Waals surface area contributed by atoms with Gasteiger partial charge in [0.1, 0.15) is 11.3 Å². The molecule has 2 aliphatic heterocycles. The maximum absolute atomic E-state index is 13.2. The van der Waals surface area contributed by atoms with Gasteiger partial charge in [-0.05, 0) is 63.8 Å². The lowest BCUT2D eigenvalue weighted by molar-refractivity contribution is -0.125. The molecule has 0 unspecified atom stereocenters. The van der Waals surface area contributed by atoms with Gasteiger partial charge in [0.2, 0.25) is 21.8 Å². The second kappa shape index (κ2) is 12.0. The molecule has 3 aliphatic rings. The highest BCUT2D eigenvalue weighted by atomic mass is 32.2. The van der Waals surface area contributed by atoms with Crippen molar-refractivity contribution in [1.82, 2.24) is 19.8 Å². The molecule has 1 N–H and O–H groups in total. The Bertz CT molecular complexity index is 1780. The van der Waals surface area contributed by atoms with E-state index in [-0.39, 0.29) is 23.6 Å². The molecule has 2 fully saturated rings. The molecule has 1 saturated carbocycles. The summed E-state index contributed by atoms with van der Waals surface area (Å²) in [4.78, 5) is 40.4. The summed E-state index contributed by atoms with van der Waals surface area (Å²) in [7, 11) is -1.80. The maximum Gasteiger partial charge on any atom is 0.410 e. The van der Waals surface area contributed by atoms with Crippen molar-refractivity contribution >= 4 is 44.3 Å². The predicted octanol–water partition coefficient (Wildman–Crippen LogP) is 4.39. The molecule has 1 spiro atoms. The van der Waals surface area contributed by atoms with Crippen LogP contribution in [0.2, 0.25) is 0 Å². The summed E-state index contributed by atoms with van der Waals surface area (Å²) < 4.78 is 38.6. The fourth-order valence-corrected chi connectivity index (χ4v) is 7.13. The van der Waals surface area contributed by atoms with E-state index in [1.165, 1.54) is 0 Å². The minimum Gasteiger partial charge on any atom is -0.476 e. The number of ether oxygens (including phenoxy) is 2. The van der Waals surface area contributed by atoms with Crippen LogP contribution in [0.3, 0.4) is 0 Å². The first-order valence-electron chi connectivity index (χ1n) is 15.8. The van der Waals surface area contributed by atoms with Crippen LogP contribution < -0.4 is 14.4 Å². The highest BCUT2D eigenvalue weighted by Gasteiger charge is 2.54. The molecule has 1 aromatic carbocycles. The van der Waals surface area contributed by atoms with Crippen molar-refractivity contribution in [3.63, 3.8) is 0 Å². The largest absolute Gasteiger partial charge is 0.476 e. The molecule has 3 aromatic rings. The van der Waals surface area contributed by atoms with Crippen molar-refractivity contribution in [3.8, 4) is 17.0 Å². The van der Waals surface area contributed by atoms with Crippen molar-refractivity contribution in [3.05, 3.63) is 42.2 Å². The van der Waals surface area contributed by atoms with Crippen molar-refractivity contribution in [2.45, 2.75) is 57.5 Å². The number of nitrogens with one attached hydrogen (secondary N) is 1. The zero-order chi connectivity index (χ0) is 32.9. The maximum atomic E-state index is 13.2. The molecule has 0 radical (unpaired) electrons. The standard InChI is InChI=1S/C33H42N6O6S/c1-32(2,3)45-31(41)39-15-13-38(14-16-39)12-7-17-44-29-26(36-46(5,42)43)19-23(20-35-29)22-8-9-25-24(18-22)28-27(21-34-25)37(4)30(40)33(28)10-6-11-33/h8-9,18-21,36H,6-7,10-17H2,1-5H3. The number of anilines is 2. The molecule has 1 aliphatic carbocycles. The summed E-state index contributed by atoms with van der Waals surface area (Å²) >= 11 is 0. The third-order valence-corrected chi connectivity index (χ3v) is 9.56. The molecule has 12 nitrogen and oxygen atoms in total. The molecule has 4 heterocycles. The van der Waals surface area contributed by atoms with E-state index in [0.29, 0.717) is 31.7 Å². The van der Waals surface area contributed by atoms with Crippen LogP contribution in [0.5, 0.6) is 5.88 Å². The van der Waals surface area contributed by atoms with Crippen LogP contribution >= 0.6 is 0 Å². The van der Waals surface area contributed by atoms with Gasteiger partial charge in [0.15, 0.2) is 0 Å². The Morgan fingerprint density at radius 1 is 1.04 bits per heavy atom. The number of sulfonamides is 1. The minimum atomic E-state index is -3.61. The van der Waals surface area contributed by atoms with E-state index in [0.717, 1.165) is 72.9 Å². The third-order valence-electron chi connectivity index (χ3n) is 8.97. The Labute approximate surface area is 270 Å². The molecular weight excluding hydrogens is 608 g/mol. The monoisotopic (exact) mass is 650 g/mol. The minimum absolute atomic E-state index is 0.124. The van der Waals surface area contributed by atoms with Gasteiger partial charge in [-0.1, -0.05) is 12.5 Å². The lowest BCUT2D eigenvalue weighted by Gasteiger charge is -2.37. The van der Waals surface area contributed by atoms with E-state index in [1.807, 2.05) is 46.0 Å². The van der Waals surface area contributed by atoms with E-state index >= 15 is 0 Å². The van der Waals surface area contributed by atoms with Crippen molar-refractivity contribution in [2.24, 2.45) is 0 Å². The first kappa shape index (κ1) is 32.0. The van der Waals surface area contributed by atoms with Gasteiger partial charge in [0.25, 0.3) is 0 Å². The average molecular weight is 651 g/mol. The van der Waals surface area contributed by atoms with E-state index < -0.39 is 21.0 Å². The summed E-state index contributed by atoms with van der Waals surface area (Å²) in [6.45, 7) is 9.37. The van der Waals surface area contributed by atoms with Crippen LogP contribution in [0.15, 0.2) is 36.7 Å². The number of hydrogen-bond donors (Lipinski definition) is 1. The summed E-state index contributed by atoms with van der Waals surface area (Å²) in [5.41, 5.74) is 3.48. The highest BCUT2D eigenvalue weighted by molar-refractivity contribution is 7.92. The van der Waals surface area contributed by atoms with Gasteiger partial charge in [0.05, 0.1) is 35.7 Å². The van der Waals surface area contributed by atoms with Crippen LogP contribution in [0, 0.1) is 0 Å². The number of aromatic nitrogens is 2. The SMILES string of the molecule is CN1C(=O)C2(CCC2)c2c1cnc1ccc(-c3cnc(OCCCN4CCN(C(=O)OC(C)(C)C)CC4)c(NS(C)(=O)=O)c3)cc21. The van der Waals surface area contributed by atoms with Gasteiger partial charge in [-0.15, -0.1) is 0 Å². The quantitative estimate of drug-likeness (QED) is 0.353. The number of piperazine rings is 1. The smallest absolute Gasteiger partial charge is 0.410 e. The molecular formula is C33H42N6O6S. The number of likely N-dealkylation sites (N-methyl/N-ethyl adjacent to an activating group) is 1. The Balaban J connectivity index is 1.15. The van der Waals surface area contributed by atoms with Crippen LogP contribution in [0.1, 0.15) is 52.0 Å². The highest BCUT2D eigenvalue weighted by Crippen LogP contribution is 2.55. The zero-order valence-corrected chi connectivity index (χ0v) is 27.9. The number of rotatable bonds is 8. The van der Waals surface area contributed by atoms with Crippen LogP contribution in [-0.2, 0) is 25.0 Å². The van der Waals surface area contributed by atoms with Gasteiger partial charge in [-0.25, -0.2) is 18.2 Å². The van der Waals surface area contributed by atoms with Crippen molar-refractivity contribution in [2.75, 3.05) is 62.3 Å². The number of carbonyl (C=O) groups is 2. The second-order valence-corrected chi connectivity index (χ2v) is 15.3. The number of benzene rings is 1. The van der Waals surface area contributed by atoms with Crippen LogP contribution in [-0.4, -0.2) is 98.4 Å². The first-order chi connectivity index (χ1) is 21.7. The Hall–Kier alpha value is -3.97. The predicted molar refractivity (Wildman–Crippen MR) is 177 cm³/mol. The van der Waals surface area contributed by atoms with Gasteiger partial charge in [-0.2, -0.15) is 0 Å². The Morgan fingerprint density at radius 2 is 1.78 bits per heavy atom. The summed E-state index contributed by atoms with van der Waals surface area (Å²) in [6.07, 6.45) is 7.63. The molecule has 2 aromatic heterocycles. The number of carbonyl (C=O) groups excluding carboxylic acids is 2. The third kappa shape index (κ3) is 6.35. The molecule has 46 heavy (non-hydrogen) atoms. The normalized spacial score (nSPS) is 18.1. The molecule has 13 heteroatoms. The Kier molecular flexibility index (Phi) is 8.34. The molecule has 2 amide bonds. The lowest BCUT2D eigenvalue weighted by atomic mass is 9.64. The molecule has 0 atom stereocenters. The summed E-state index contributed by atoms with van der Waals surface area (Å²) in [5, 5.41) is 0.928. The van der Waals surface area contributed by atoms with E-state index in [1.54, 1.807) is 28.3 Å². The number of hydrogen-bond acceptors (Lipinski definition) is 9. The second-order valence-electron chi connectivity index (χ2n) is 13.5. The fraction of sp³-hybridized carbons (Fsp3) is 0.515. The van der Waals surface area contributed by atoms with Crippen LogP contribution in [0.25, 0.3) is 22.0 Å². The summed E-state index contributed by atoms with van der Waals surface area (Å²) in [6, 6.07) is 7.62. The lowest BCUT2D eigenvalue weighted by Crippen LogP contribution is -2.50.